The largest absolute Gasteiger partial charge is 0.444 e. The minimum atomic E-state index is -1.46. The first-order valence-electron chi connectivity index (χ1n) is 13.5. The van der Waals surface area contributed by atoms with Crippen LogP contribution >= 0.6 is 11.6 Å². The summed E-state index contributed by atoms with van der Waals surface area (Å²) in [6.45, 7) is 10.9. The number of morpholine rings is 1. The summed E-state index contributed by atoms with van der Waals surface area (Å²) in [6.07, 6.45) is 0.133. The molecule has 212 valence electrons. The van der Waals surface area contributed by atoms with Gasteiger partial charge in [-0.05, 0) is 39.0 Å². The van der Waals surface area contributed by atoms with Crippen LogP contribution in [0, 0.1) is 0 Å². The fourth-order valence-corrected chi connectivity index (χ4v) is 5.48. The van der Waals surface area contributed by atoms with E-state index in [1.165, 1.54) is 0 Å². The Kier molecular flexibility index (Phi) is 8.53. The Morgan fingerprint density at radius 2 is 1.67 bits per heavy atom. The second-order valence-corrected chi connectivity index (χ2v) is 11.4. The number of aromatic nitrogens is 2. The van der Waals surface area contributed by atoms with Crippen LogP contribution in [0.4, 0.5) is 14.9 Å². The zero-order valence-electron chi connectivity index (χ0n) is 22.7. The Labute approximate surface area is 234 Å². The molecule has 1 aromatic carbocycles. The summed E-state index contributed by atoms with van der Waals surface area (Å²) in [5.74, 6) is 0.321. The Morgan fingerprint density at radius 3 is 2.31 bits per heavy atom. The second kappa shape index (κ2) is 11.9. The minimum absolute atomic E-state index is 0.321. The molecular weight excluding hydrogens is 525 g/mol. The van der Waals surface area contributed by atoms with E-state index in [0.29, 0.717) is 38.5 Å². The van der Waals surface area contributed by atoms with Crippen molar-refractivity contribution in [1.82, 2.24) is 29.8 Å². The maximum atomic E-state index is 16.1. The zero-order valence-corrected chi connectivity index (χ0v) is 23.5. The summed E-state index contributed by atoms with van der Waals surface area (Å²) in [4.78, 5) is 27.4. The molecule has 10 nitrogen and oxygen atoms in total. The molecule has 0 saturated carbocycles. The Balaban J connectivity index is 1.27. The van der Waals surface area contributed by atoms with Crippen molar-refractivity contribution in [2.24, 2.45) is 0 Å². The minimum Gasteiger partial charge on any atom is -0.444 e. The number of rotatable bonds is 4. The maximum absolute atomic E-state index is 16.1. The average Bonchev–Trinajstić information content (AvgIpc) is 2.93. The number of ether oxygens (including phenoxy) is 2. The number of nitrogens with zero attached hydrogens (tertiary/aromatic N) is 7. The second-order valence-electron chi connectivity index (χ2n) is 11.0. The number of piperazine rings is 2. The molecule has 3 unspecified atom stereocenters. The number of carbonyl (C=O) groups is 1. The molecule has 0 spiro atoms. The highest BCUT2D eigenvalue weighted by Crippen LogP contribution is 2.34. The smallest absolute Gasteiger partial charge is 0.410 e. The van der Waals surface area contributed by atoms with E-state index in [2.05, 4.69) is 19.8 Å². The first kappa shape index (κ1) is 28.0. The predicted molar refractivity (Wildman–Crippen MR) is 146 cm³/mol. The topological polar surface area (TPSA) is 77.5 Å². The number of halogens is 2. The van der Waals surface area contributed by atoms with Crippen LogP contribution in [0.3, 0.4) is 0 Å². The lowest BCUT2D eigenvalue weighted by Gasteiger charge is -2.50. The highest BCUT2D eigenvalue weighted by atomic mass is 35.5. The number of para-hydroxylation sites is 1. The van der Waals surface area contributed by atoms with Crippen molar-refractivity contribution in [1.29, 1.82) is 0 Å². The molecule has 3 aliphatic rings. The van der Waals surface area contributed by atoms with Crippen molar-refractivity contribution in [3.8, 4) is 0 Å². The van der Waals surface area contributed by atoms with Crippen molar-refractivity contribution in [2.75, 3.05) is 63.8 Å². The summed E-state index contributed by atoms with van der Waals surface area (Å²) < 4.78 is 27.9. The van der Waals surface area contributed by atoms with Gasteiger partial charge in [-0.3, -0.25) is 4.90 Å². The van der Waals surface area contributed by atoms with Crippen molar-refractivity contribution < 1.29 is 18.7 Å². The summed E-state index contributed by atoms with van der Waals surface area (Å²) in [6, 6.07) is 9.56. The van der Waals surface area contributed by atoms with E-state index in [-0.39, 0.29) is 12.3 Å². The molecule has 3 fully saturated rings. The summed E-state index contributed by atoms with van der Waals surface area (Å²) in [7, 11) is 0. The number of hydrazine groups is 1. The van der Waals surface area contributed by atoms with E-state index in [1.54, 1.807) is 28.4 Å². The SMILES string of the molecule is CC(C)(C)OC(=O)N1CCN(N2CC(N3CCN(c4ccccc4Cl)CC3)OC(c3ncccn3)C2F)CC1. The van der Waals surface area contributed by atoms with Gasteiger partial charge in [-0.15, -0.1) is 0 Å². The highest BCUT2D eigenvalue weighted by molar-refractivity contribution is 6.33. The number of benzene rings is 1. The van der Waals surface area contributed by atoms with Gasteiger partial charge in [0, 0.05) is 64.8 Å². The highest BCUT2D eigenvalue weighted by Gasteiger charge is 2.45. The lowest BCUT2D eigenvalue weighted by Crippen LogP contribution is -2.65. The Morgan fingerprint density at radius 1 is 1.00 bits per heavy atom. The predicted octanol–water partition coefficient (Wildman–Crippen LogP) is 3.41. The fraction of sp³-hybridized carbons (Fsp3) is 0.593. The van der Waals surface area contributed by atoms with E-state index in [1.807, 2.05) is 50.0 Å². The van der Waals surface area contributed by atoms with Gasteiger partial charge < -0.3 is 19.3 Å². The quantitative estimate of drug-likeness (QED) is 0.522. The van der Waals surface area contributed by atoms with Gasteiger partial charge >= 0.3 is 6.09 Å². The molecule has 12 heteroatoms. The van der Waals surface area contributed by atoms with Crippen LogP contribution in [0.15, 0.2) is 42.7 Å². The molecule has 4 heterocycles. The molecule has 0 N–H and O–H groups in total. The Hall–Kier alpha value is -2.57. The first-order valence-corrected chi connectivity index (χ1v) is 13.9. The van der Waals surface area contributed by atoms with Gasteiger partial charge in [0.1, 0.15) is 11.8 Å². The third-order valence-corrected chi connectivity index (χ3v) is 7.53. The maximum Gasteiger partial charge on any atom is 0.410 e. The third-order valence-electron chi connectivity index (χ3n) is 7.21. The van der Waals surface area contributed by atoms with E-state index >= 15 is 4.39 Å². The molecule has 5 rings (SSSR count). The standard InChI is InChI=1S/C27H37ClFN7O3/c1-27(2,3)39-26(37)34-15-17-35(18-16-34)36-19-22(38-23(24(36)29)25-30-9-6-10-31-25)33-13-11-32(12-14-33)21-8-5-4-7-20(21)28/h4-10,22-24H,11-19H2,1-3H3. The van der Waals surface area contributed by atoms with E-state index < -0.39 is 18.0 Å². The molecule has 0 bridgehead atoms. The van der Waals surface area contributed by atoms with E-state index in [0.717, 1.165) is 36.9 Å². The van der Waals surface area contributed by atoms with Gasteiger partial charge in [0.05, 0.1) is 17.3 Å². The fourth-order valence-electron chi connectivity index (χ4n) is 5.23. The third kappa shape index (κ3) is 6.60. The lowest BCUT2D eigenvalue weighted by molar-refractivity contribution is -0.265. The van der Waals surface area contributed by atoms with Crippen LogP contribution < -0.4 is 4.90 Å². The van der Waals surface area contributed by atoms with Gasteiger partial charge in [0.15, 0.2) is 18.2 Å². The van der Waals surface area contributed by atoms with Crippen molar-refractivity contribution in [3.05, 3.63) is 53.6 Å². The zero-order chi connectivity index (χ0) is 27.6. The molecule has 1 amide bonds. The lowest BCUT2D eigenvalue weighted by atomic mass is 10.2. The van der Waals surface area contributed by atoms with Crippen LogP contribution in [0.25, 0.3) is 0 Å². The van der Waals surface area contributed by atoms with E-state index in [4.69, 9.17) is 21.1 Å². The van der Waals surface area contributed by atoms with Gasteiger partial charge in [-0.1, -0.05) is 23.7 Å². The van der Waals surface area contributed by atoms with Crippen molar-refractivity contribution >= 4 is 23.4 Å². The molecule has 0 radical (unpaired) electrons. The molecule has 2 aromatic rings. The number of carbonyl (C=O) groups excluding carboxylic acids is 1. The van der Waals surface area contributed by atoms with Crippen LogP contribution in [0.5, 0.6) is 0 Å². The molecule has 3 atom stereocenters. The van der Waals surface area contributed by atoms with Gasteiger partial charge in [0.25, 0.3) is 0 Å². The number of anilines is 1. The monoisotopic (exact) mass is 561 g/mol. The van der Waals surface area contributed by atoms with Crippen LogP contribution in [0.2, 0.25) is 5.02 Å². The van der Waals surface area contributed by atoms with Gasteiger partial charge in [-0.25, -0.2) is 29.2 Å². The molecular formula is C27H37ClFN7O3. The Bertz CT molecular complexity index is 1110. The number of alkyl halides is 1. The molecule has 3 aliphatic heterocycles. The van der Waals surface area contributed by atoms with Crippen molar-refractivity contribution in [2.45, 2.75) is 45.0 Å². The number of amides is 1. The number of hydrogen-bond donors (Lipinski definition) is 0. The normalized spacial score (nSPS) is 26.0. The van der Waals surface area contributed by atoms with Crippen LogP contribution in [-0.2, 0) is 9.47 Å². The van der Waals surface area contributed by atoms with E-state index in [9.17, 15) is 4.79 Å². The molecule has 1 aromatic heterocycles. The molecule has 0 aliphatic carbocycles. The van der Waals surface area contributed by atoms with Gasteiger partial charge in [0.2, 0.25) is 0 Å². The summed E-state index contributed by atoms with van der Waals surface area (Å²) in [5.41, 5.74) is 0.460. The van der Waals surface area contributed by atoms with Crippen LogP contribution in [-0.4, -0.2) is 113 Å². The van der Waals surface area contributed by atoms with Crippen LogP contribution in [0.1, 0.15) is 32.7 Å². The molecule has 39 heavy (non-hydrogen) atoms. The average molecular weight is 562 g/mol. The summed E-state index contributed by atoms with van der Waals surface area (Å²) in [5, 5.41) is 4.46. The van der Waals surface area contributed by atoms with Gasteiger partial charge in [-0.2, -0.15) is 0 Å². The number of hydrogen-bond acceptors (Lipinski definition) is 9. The first-order chi connectivity index (χ1) is 18.7. The molecule has 3 saturated heterocycles. The van der Waals surface area contributed by atoms with Crippen molar-refractivity contribution in [3.63, 3.8) is 0 Å². The summed E-state index contributed by atoms with van der Waals surface area (Å²) >= 11 is 6.43.